The minimum Gasteiger partial charge on any atom is -0.349 e. The van der Waals surface area contributed by atoms with E-state index in [1.165, 1.54) is 18.3 Å². The monoisotopic (exact) mass is 443 g/mol. The lowest BCUT2D eigenvalue weighted by atomic mass is 9.85. The summed E-state index contributed by atoms with van der Waals surface area (Å²) in [4.78, 5) is 31.6. The second-order valence-electron chi connectivity index (χ2n) is 9.18. The summed E-state index contributed by atoms with van der Waals surface area (Å²) in [5.41, 5.74) is 2.01. The predicted octanol–water partition coefficient (Wildman–Crippen LogP) is 4.80. The molecule has 0 saturated heterocycles. The lowest BCUT2D eigenvalue weighted by molar-refractivity contribution is -0.122. The van der Waals surface area contributed by atoms with Gasteiger partial charge < -0.3 is 10.2 Å². The zero-order valence-electron chi connectivity index (χ0n) is 18.0. The summed E-state index contributed by atoms with van der Waals surface area (Å²) in [7, 11) is 0. The van der Waals surface area contributed by atoms with Crippen molar-refractivity contribution in [3.63, 3.8) is 0 Å². The molecular formula is C24H27ClFN3O2. The van der Waals surface area contributed by atoms with Gasteiger partial charge in [-0.05, 0) is 82.2 Å². The van der Waals surface area contributed by atoms with E-state index in [0.717, 1.165) is 36.9 Å². The third kappa shape index (κ3) is 4.18. The van der Waals surface area contributed by atoms with Gasteiger partial charge in [-0.1, -0.05) is 11.6 Å². The molecule has 1 aromatic heterocycles. The molecule has 31 heavy (non-hydrogen) atoms. The number of pyridine rings is 1. The van der Waals surface area contributed by atoms with E-state index in [9.17, 15) is 14.0 Å². The number of nitrogens with zero attached hydrogens (tertiary/aromatic N) is 2. The average Bonchev–Trinajstić information content (AvgIpc) is 2.91. The molecule has 1 aliphatic heterocycles. The van der Waals surface area contributed by atoms with Crippen LogP contribution in [0.2, 0.25) is 5.02 Å². The molecule has 1 aliphatic carbocycles. The number of halogens is 2. The van der Waals surface area contributed by atoms with Crippen LogP contribution in [0, 0.1) is 18.7 Å². The number of fused-ring (bicyclic) bond motifs is 1. The second kappa shape index (κ2) is 8.23. The van der Waals surface area contributed by atoms with Gasteiger partial charge in [-0.2, -0.15) is 0 Å². The topological polar surface area (TPSA) is 62.3 Å². The van der Waals surface area contributed by atoms with Crippen LogP contribution < -0.4 is 10.2 Å². The van der Waals surface area contributed by atoms with Crippen LogP contribution in [-0.2, 0) is 10.2 Å². The molecular weight excluding hydrogens is 417 g/mol. The Hall–Kier alpha value is -2.47. The van der Waals surface area contributed by atoms with Crippen molar-refractivity contribution in [3.8, 4) is 0 Å². The first-order valence-electron chi connectivity index (χ1n) is 10.7. The number of aromatic nitrogens is 1. The van der Waals surface area contributed by atoms with E-state index >= 15 is 0 Å². The molecule has 2 aliphatic rings. The van der Waals surface area contributed by atoms with Crippen molar-refractivity contribution in [1.29, 1.82) is 0 Å². The fourth-order valence-corrected chi connectivity index (χ4v) is 4.89. The van der Waals surface area contributed by atoms with Gasteiger partial charge in [0.05, 0.1) is 21.7 Å². The Morgan fingerprint density at radius 2 is 1.97 bits per heavy atom. The molecule has 1 aromatic carbocycles. The molecule has 7 heteroatoms. The Morgan fingerprint density at radius 1 is 1.26 bits per heavy atom. The normalized spacial score (nSPS) is 22.4. The molecule has 1 saturated carbocycles. The van der Waals surface area contributed by atoms with Gasteiger partial charge in [-0.3, -0.25) is 14.6 Å². The van der Waals surface area contributed by atoms with Gasteiger partial charge in [0.1, 0.15) is 5.82 Å². The van der Waals surface area contributed by atoms with Crippen molar-refractivity contribution >= 4 is 29.1 Å². The van der Waals surface area contributed by atoms with Gasteiger partial charge in [-0.15, -0.1) is 0 Å². The van der Waals surface area contributed by atoms with Gasteiger partial charge in [-0.25, -0.2) is 4.39 Å². The number of amides is 2. The summed E-state index contributed by atoms with van der Waals surface area (Å²) in [6.07, 6.45) is 5.07. The smallest absolute Gasteiger partial charge is 0.253 e. The quantitative estimate of drug-likeness (QED) is 0.738. The first-order chi connectivity index (χ1) is 14.7. The SMILES string of the molecule is Cc1ncc(Cl)cc1C(=O)N[C@H]1CC[C@H](CN2C(=O)C(C)(C)c3cc(F)ccc32)CC1. The Balaban J connectivity index is 1.37. The Labute approximate surface area is 187 Å². The van der Waals surface area contributed by atoms with Crippen molar-refractivity contribution in [2.45, 2.75) is 57.9 Å². The van der Waals surface area contributed by atoms with Crippen LogP contribution in [0.1, 0.15) is 61.1 Å². The molecule has 2 aromatic rings. The highest BCUT2D eigenvalue weighted by atomic mass is 35.5. The van der Waals surface area contributed by atoms with Gasteiger partial charge in [0, 0.05) is 24.5 Å². The van der Waals surface area contributed by atoms with Crippen molar-refractivity contribution < 1.29 is 14.0 Å². The lowest BCUT2D eigenvalue weighted by Crippen LogP contribution is -2.42. The number of anilines is 1. The highest BCUT2D eigenvalue weighted by Gasteiger charge is 2.44. The van der Waals surface area contributed by atoms with E-state index in [2.05, 4.69) is 10.3 Å². The maximum atomic E-state index is 13.8. The van der Waals surface area contributed by atoms with Gasteiger partial charge in [0.15, 0.2) is 0 Å². The number of nitrogens with one attached hydrogen (secondary N) is 1. The highest BCUT2D eigenvalue weighted by Crippen LogP contribution is 2.43. The molecule has 0 unspecified atom stereocenters. The summed E-state index contributed by atoms with van der Waals surface area (Å²) in [6, 6.07) is 6.34. The highest BCUT2D eigenvalue weighted by molar-refractivity contribution is 6.30. The third-order valence-corrected chi connectivity index (χ3v) is 6.83. The fraction of sp³-hybridized carbons (Fsp3) is 0.458. The van der Waals surface area contributed by atoms with Crippen LogP contribution >= 0.6 is 11.6 Å². The Bertz CT molecular complexity index is 1030. The van der Waals surface area contributed by atoms with E-state index in [1.807, 2.05) is 18.7 Å². The molecule has 1 N–H and O–H groups in total. The molecule has 1 fully saturated rings. The summed E-state index contributed by atoms with van der Waals surface area (Å²) in [5, 5.41) is 3.54. The minimum atomic E-state index is -0.717. The van der Waals surface area contributed by atoms with Crippen LogP contribution in [0.4, 0.5) is 10.1 Å². The summed E-state index contributed by atoms with van der Waals surface area (Å²) in [5.74, 6) is -0.0998. The number of carbonyl (C=O) groups is 2. The molecule has 0 bridgehead atoms. The Kier molecular flexibility index (Phi) is 5.77. The lowest BCUT2D eigenvalue weighted by Gasteiger charge is -2.32. The Morgan fingerprint density at radius 3 is 2.68 bits per heavy atom. The zero-order chi connectivity index (χ0) is 22.3. The van der Waals surface area contributed by atoms with Crippen molar-refractivity contribution in [3.05, 3.63) is 58.1 Å². The maximum absolute atomic E-state index is 13.8. The predicted molar refractivity (Wildman–Crippen MR) is 119 cm³/mol. The van der Waals surface area contributed by atoms with E-state index in [1.54, 1.807) is 19.1 Å². The standard InChI is InChI=1S/C24H27ClFN3O2/c1-14-19(10-16(25)12-27-14)22(30)28-18-7-4-15(5-8-18)13-29-21-9-6-17(26)11-20(21)24(2,3)23(29)31/h6,9-12,15,18H,4-5,7-8,13H2,1-3H3,(H,28,30)/t15-,18-. The van der Waals surface area contributed by atoms with E-state index in [4.69, 9.17) is 11.6 Å². The molecule has 0 radical (unpaired) electrons. The molecule has 5 nitrogen and oxygen atoms in total. The van der Waals surface area contributed by atoms with E-state index in [0.29, 0.717) is 28.7 Å². The molecule has 164 valence electrons. The molecule has 2 amide bonds. The van der Waals surface area contributed by atoms with Crippen LogP contribution in [0.15, 0.2) is 30.5 Å². The van der Waals surface area contributed by atoms with Gasteiger partial charge in [0.2, 0.25) is 5.91 Å². The van der Waals surface area contributed by atoms with Crippen molar-refractivity contribution in [2.24, 2.45) is 5.92 Å². The number of aryl methyl sites for hydroxylation is 1. The van der Waals surface area contributed by atoms with Gasteiger partial charge >= 0.3 is 0 Å². The molecule has 4 rings (SSSR count). The van der Waals surface area contributed by atoms with Crippen LogP contribution in [-0.4, -0.2) is 29.4 Å². The summed E-state index contributed by atoms with van der Waals surface area (Å²) in [6.45, 7) is 6.12. The van der Waals surface area contributed by atoms with Crippen LogP contribution in [0.3, 0.4) is 0 Å². The van der Waals surface area contributed by atoms with Crippen LogP contribution in [0.25, 0.3) is 0 Å². The zero-order valence-corrected chi connectivity index (χ0v) is 18.8. The number of carbonyl (C=O) groups excluding carboxylic acids is 2. The first kappa shape index (κ1) is 21.8. The maximum Gasteiger partial charge on any atom is 0.253 e. The number of rotatable bonds is 4. The van der Waals surface area contributed by atoms with E-state index < -0.39 is 5.41 Å². The largest absolute Gasteiger partial charge is 0.349 e. The van der Waals surface area contributed by atoms with Crippen molar-refractivity contribution in [1.82, 2.24) is 10.3 Å². The number of benzene rings is 1. The van der Waals surface area contributed by atoms with Crippen molar-refractivity contribution in [2.75, 3.05) is 11.4 Å². The molecule has 0 atom stereocenters. The number of hydrogen-bond acceptors (Lipinski definition) is 3. The molecule has 2 heterocycles. The summed E-state index contributed by atoms with van der Waals surface area (Å²) < 4.78 is 13.8. The second-order valence-corrected chi connectivity index (χ2v) is 9.62. The average molecular weight is 444 g/mol. The first-order valence-corrected chi connectivity index (χ1v) is 11.1. The fourth-order valence-electron chi connectivity index (χ4n) is 4.74. The molecule has 0 spiro atoms. The van der Waals surface area contributed by atoms with Gasteiger partial charge in [0.25, 0.3) is 5.91 Å². The third-order valence-electron chi connectivity index (χ3n) is 6.62. The summed E-state index contributed by atoms with van der Waals surface area (Å²) >= 11 is 5.98. The number of hydrogen-bond donors (Lipinski definition) is 1. The van der Waals surface area contributed by atoms with E-state index in [-0.39, 0.29) is 23.7 Å². The van der Waals surface area contributed by atoms with Crippen LogP contribution in [0.5, 0.6) is 0 Å². The minimum absolute atomic E-state index is 0.0208.